The van der Waals surface area contributed by atoms with Gasteiger partial charge in [-0.3, -0.25) is 5.10 Å². The van der Waals surface area contributed by atoms with Gasteiger partial charge in [0.05, 0.1) is 0 Å². The molecule has 0 radical (unpaired) electrons. The van der Waals surface area contributed by atoms with Crippen molar-refractivity contribution in [3.8, 4) is 0 Å². The summed E-state index contributed by atoms with van der Waals surface area (Å²) in [6.45, 7) is 3.83. The van der Waals surface area contributed by atoms with E-state index in [4.69, 9.17) is 4.74 Å². The second-order valence-electron chi connectivity index (χ2n) is 3.77. The van der Waals surface area contributed by atoms with Crippen molar-refractivity contribution in [1.29, 1.82) is 0 Å². The molecule has 1 aromatic heterocycles. The van der Waals surface area contributed by atoms with Gasteiger partial charge in [0.15, 0.2) is 0 Å². The zero-order valence-electron chi connectivity index (χ0n) is 8.33. The fraction of sp³-hybridized carbons (Fsp3) is 0.700. The van der Waals surface area contributed by atoms with E-state index in [9.17, 15) is 0 Å². The predicted molar refractivity (Wildman–Crippen MR) is 53.8 cm³/mol. The van der Waals surface area contributed by atoms with Crippen molar-refractivity contribution in [3.05, 3.63) is 18.0 Å². The minimum Gasteiger partial charge on any atom is -0.381 e. The second-order valence-corrected chi connectivity index (χ2v) is 3.77. The van der Waals surface area contributed by atoms with Crippen LogP contribution in [0, 0.1) is 5.92 Å². The van der Waals surface area contributed by atoms with Crippen LogP contribution in [0.15, 0.2) is 12.3 Å². The highest BCUT2D eigenvalue weighted by Crippen LogP contribution is 2.13. The number of hydrogen-bond donors (Lipinski definition) is 2. The zero-order valence-corrected chi connectivity index (χ0v) is 8.33. The van der Waals surface area contributed by atoms with Crippen LogP contribution < -0.4 is 5.32 Å². The molecule has 1 aromatic rings. The molecule has 0 spiro atoms. The van der Waals surface area contributed by atoms with Crippen LogP contribution in [-0.4, -0.2) is 30.0 Å². The van der Waals surface area contributed by atoms with E-state index in [-0.39, 0.29) is 0 Å². The van der Waals surface area contributed by atoms with Gasteiger partial charge in [0, 0.05) is 31.6 Å². The number of ether oxygens (including phenoxy) is 1. The Kier molecular flexibility index (Phi) is 3.54. The van der Waals surface area contributed by atoms with Crippen molar-refractivity contribution in [2.75, 3.05) is 19.8 Å². The molecule has 0 aromatic carbocycles. The first-order chi connectivity index (χ1) is 6.95. The molecule has 1 fully saturated rings. The monoisotopic (exact) mass is 195 g/mol. The van der Waals surface area contributed by atoms with E-state index in [2.05, 4.69) is 15.5 Å². The maximum absolute atomic E-state index is 5.31. The number of H-pyrrole nitrogens is 1. The molecule has 2 heterocycles. The van der Waals surface area contributed by atoms with Gasteiger partial charge in [-0.25, -0.2) is 0 Å². The standard InChI is InChI=1S/C10H17N3O/c1-4-12-13-10(1)8-11-7-9-2-5-14-6-3-9/h1,4,9,11H,2-3,5-8H2,(H,12,13). The van der Waals surface area contributed by atoms with Gasteiger partial charge >= 0.3 is 0 Å². The molecule has 0 atom stereocenters. The van der Waals surface area contributed by atoms with Crippen molar-refractivity contribution >= 4 is 0 Å². The number of aromatic nitrogens is 2. The fourth-order valence-corrected chi connectivity index (χ4v) is 1.74. The zero-order chi connectivity index (χ0) is 9.64. The Morgan fingerprint density at radius 2 is 2.36 bits per heavy atom. The molecule has 1 saturated heterocycles. The molecule has 1 aliphatic rings. The van der Waals surface area contributed by atoms with Crippen LogP contribution in [0.25, 0.3) is 0 Å². The molecule has 2 N–H and O–H groups in total. The van der Waals surface area contributed by atoms with E-state index in [1.807, 2.05) is 6.07 Å². The number of rotatable bonds is 4. The average Bonchev–Trinajstić information content (AvgIpc) is 2.72. The summed E-state index contributed by atoms with van der Waals surface area (Å²) in [5.74, 6) is 0.784. The van der Waals surface area contributed by atoms with Crippen LogP contribution in [-0.2, 0) is 11.3 Å². The molecule has 4 heteroatoms. The molecule has 0 amide bonds. The molecular weight excluding hydrogens is 178 g/mol. The van der Waals surface area contributed by atoms with E-state index < -0.39 is 0 Å². The first kappa shape index (κ1) is 9.68. The summed E-state index contributed by atoms with van der Waals surface area (Å²) in [6, 6.07) is 2.00. The molecule has 78 valence electrons. The van der Waals surface area contributed by atoms with Crippen LogP contribution >= 0.6 is 0 Å². The van der Waals surface area contributed by atoms with Crippen LogP contribution in [0.4, 0.5) is 0 Å². The Balaban J connectivity index is 1.62. The Hall–Kier alpha value is -0.870. The summed E-state index contributed by atoms with van der Waals surface area (Å²) >= 11 is 0. The highest BCUT2D eigenvalue weighted by Gasteiger charge is 2.12. The van der Waals surface area contributed by atoms with Gasteiger partial charge in [-0.05, 0) is 31.4 Å². The SMILES string of the molecule is c1cc(CNCC2CCOCC2)[nH]n1. The highest BCUT2D eigenvalue weighted by molar-refractivity contribution is 4.96. The molecule has 0 saturated carbocycles. The van der Waals surface area contributed by atoms with Crippen molar-refractivity contribution in [2.45, 2.75) is 19.4 Å². The van der Waals surface area contributed by atoms with Crippen LogP contribution in [0.5, 0.6) is 0 Å². The fourth-order valence-electron chi connectivity index (χ4n) is 1.74. The van der Waals surface area contributed by atoms with Gasteiger partial charge in [0.1, 0.15) is 0 Å². The summed E-state index contributed by atoms with van der Waals surface area (Å²) in [4.78, 5) is 0. The van der Waals surface area contributed by atoms with E-state index in [1.165, 1.54) is 12.8 Å². The Bertz CT molecular complexity index is 242. The van der Waals surface area contributed by atoms with E-state index in [1.54, 1.807) is 6.20 Å². The number of nitrogens with zero attached hydrogens (tertiary/aromatic N) is 1. The lowest BCUT2D eigenvalue weighted by molar-refractivity contribution is 0.0662. The normalized spacial score (nSPS) is 18.6. The third-order valence-corrected chi connectivity index (χ3v) is 2.65. The third-order valence-electron chi connectivity index (χ3n) is 2.65. The average molecular weight is 195 g/mol. The number of aromatic amines is 1. The maximum Gasteiger partial charge on any atom is 0.0490 e. The largest absolute Gasteiger partial charge is 0.381 e. The van der Waals surface area contributed by atoms with Gasteiger partial charge < -0.3 is 10.1 Å². The van der Waals surface area contributed by atoms with Gasteiger partial charge in [-0.2, -0.15) is 5.10 Å². The molecule has 2 rings (SSSR count). The maximum atomic E-state index is 5.31. The second kappa shape index (κ2) is 5.12. The van der Waals surface area contributed by atoms with Crippen molar-refractivity contribution in [3.63, 3.8) is 0 Å². The summed E-state index contributed by atoms with van der Waals surface area (Å²) in [7, 11) is 0. The first-order valence-electron chi connectivity index (χ1n) is 5.22. The van der Waals surface area contributed by atoms with E-state index >= 15 is 0 Å². The van der Waals surface area contributed by atoms with Crippen molar-refractivity contribution in [2.24, 2.45) is 5.92 Å². The quantitative estimate of drug-likeness (QED) is 0.751. The number of nitrogens with one attached hydrogen (secondary N) is 2. The molecule has 1 aliphatic heterocycles. The van der Waals surface area contributed by atoms with Crippen LogP contribution in [0.1, 0.15) is 18.5 Å². The molecular formula is C10H17N3O. The summed E-state index contributed by atoms with van der Waals surface area (Å²) < 4.78 is 5.31. The van der Waals surface area contributed by atoms with Gasteiger partial charge in [-0.1, -0.05) is 0 Å². The summed E-state index contributed by atoms with van der Waals surface area (Å²) in [5.41, 5.74) is 1.15. The third kappa shape index (κ3) is 2.82. The minimum absolute atomic E-state index is 0.784. The lowest BCUT2D eigenvalue weighted by Gasteiger charge is -2.22. The molecule has 0 aliphatic carbocycles. The Morgan fingerprint density at radius 3 is 3.07 bits per heavy atom. The predicted octanol–water partition coefficient (Wildman–Crippen LogP) is 0.926. The Labute approximate surface area is 84.0 Å². The molecule has 14 heavy (non-hydrogen) atoms. The van der Waals surface area contributed by atoms with Gasteiger partial charge in [0.2, 0.25) is 0 Å². The van der Waals surface area contributed by atoms with Crippen molar-refractivity contribution < 1.29 is 4.74 Å². The molecule has 0 unspecified atom stereocenters. The first-order valence-corrected chi connectivity index (χ1v) is 5.22. The minimum atomic E-state index is 0.784. The van der Waals surface area contributed by atoms with Crippen LogP contribution in [0.2, 0.25) is 0 Å². The topological polar surface area (TPSA) is 49.9 Å². The number of hydrogen-bond acceptors (Lipinski definition) is 3. The van der Waals surface area contributed by atoms with Crippen molar-refractivity contribution in [1.82, 2.24) is 15.5 Å². The van der Waals surface area contributed by atoms with Crippen LogP contribution in [0.3, 0.4) is 0 Å². The molecule has 4 nitrogen and oxygen atoms in total. The lowest BCUT2D eigenvalue weighted by atomic mass is 10.0. The van der Waals surface area contributed by atoms with Gasteiger partial charge in [0.25, 0.3) is 0 Å². The molecule has 0 bridgehead atoms. The highest BCUT2D eigenvalue weighted by atomic mass is 16.5. The lowest BCUT2D eigenvalue weighted by Crippen LogP contribution is -2.27. The Morgan fingerprint density at radius 1 is 1.50 bits per heavy atom. The smallest absolute Gasteiger partial charge is 0.0490 e. The van der Waals surface area contributed by atoms with E-state index in [0.717, 1.165) is 37.9 Å². The van der Waals surface area contributed by atoms with Gasteiger partial charge in [-0.15, -0.1) is 0 Å². The van der Waals surface area contributed by atoms with E-state index in [0.29, 0.717) is 0 Å². The summed E-state index contributed by atoms with van der Waals surface area (Å²) in [6.07, 6.45) is 4.16. The summed E-state index contributed by atoms with van der Waals surface area (Å²) in [5, 5.41) is 10.3.